The van der Waals surface area contributed by atoms with Crippen molar-refractivity contribution in [2.24, 2.45) is 0 Å². The molecule has 0 amide bonds. The zero-order chi connectivity index (χ0) is 19.3. The van der Waals surface area contributed by atoms with Gasteiger partial charge in [0.1, 0.15) is 11.3 Å². The third-order valence-corrected chi connectivity index (χ3v) is 5.12. The van der Waals surface area contributed by atoms with E-state index in [2.05, 4.69) is 4.72 Å². The van der Waals surface area contributed by atoms with Crippen LogP contribution in [0, 0.1) is 0 Å². The number of carbonyl (C=O) groups is 2. The second kappa shape index (κ2) is 8.11. The monoisotopic (exact) mass is 377 g/mol. The lowest BCUT2D eigenvalue weighted by molar-refractivity contribution is 0.0596. The number of nitrogens with one attached hydrogen (secondary N) is 1. The van der Waals surface area contributed by atoms with Crippen molar-refractivity contribution < 1.29 is 27.5 Å². The highest BCUT2D eigenvalue weighted by molar-refractivity contribution is 7.89. The molecule has 0 atom stereocenters. The molecule has 0 saturated heterocycles. The maximum absolute atomic E-state index is 12.4. The molecule has 0 radical (unpaired) electrons. The maximum atomic E-state index is 12.4. The summed E-state index contributed by atoms with van der Waals surface area (Å²) in [5.41, 5.74) is 1.20. The van der Waals surface area contributed by atoms with Crippen LogP contribution in [-0.2, 0) is 21.3 Å². The molecule has 0 heterocycles. The van der Waals surface area contributed by atoms with Gasteiger partial charge in [-0.25, -0.2) is 17.9 Å². The molecule has 0 bridgehead atoms. The molecule has 0 aliphatic heterocycles. The number of hydrogen-bond acceptors (Lipinski definition) is 6. The second-order valence-corrected chi connectivity index (χ2v) is 7.20. The van der Waals surface area contributed by atoms with E-state index in [1.807, 2.05) is 0 Å². The molecule has 0 aliphatic rings. The van der Waals surface area contributed by atoms with E-state index in [0.717, 1.165) is 0 Å². The van der Waals surface area contributed by atoms with Crippen LogP contribution in [-0.4, -0.2) is 34.4 Å². The highest BCUT2D eigenvalue weighted by Gasteiger charge is 2.17. The van der Waals surface area contributed by atoms with Gasteiger partial charge >= 0.3 is 5.97 Å². The van der Waals surface area contributed by atoms with Gasteiger partial charge in [0, 0.05) is 12.1 Å². The fourth-order valence-corrected chi connectivity index (χ4v) is 3.28. The predicted octanol–water partition coefficient (Wildman–Crippen LogP) is 2.16. The first-order valence-corrected chi connectivity index (χ1v) is 9.12. The zero-order valence-electron chi connectivity index (χ0n) is 14.6. The van der Waals surface area contributed by atoms with Gasteiger partial charge in [-0.15, -0.1) is 0 Å². The normalized spacial score (nSPS) is 11.0. The van der Waals surface area contributed by atoms with E-state index >= 15 is 0 Å². The number of sulfonamides is 1. The number of rotatable bonds is 7. The molecule has 0 spiro atoms. The van der Waals surface area contributed by atoms with Crippen molar-refractivity contribution >= 4 is 21.8 Å². The molecule has 0 fully saturated rings. The molecule has 0 aliphatic carbocycles. The lowest BCUT2D eigenvalue weighted by Crippen LogP contribution is -2.23. The van der Waals surface area contributed by atoms with Gasteiger partial charge in [0.15, 0.2) is 5.78 Å². The Morgan fingerprint density at radius 1 is 1.04 bits per heavy atom. The van der Waals surface area contributed by atoms with Gasteiger partial charge in [0.05, 0.1) is 19.1 Å². The van der Waals surface area contributed by atoms with Gasteiger partial charge in [0.25, 0.3) is 0 Å². The van der Waals surface area contributed by atoms with Crippen LogP contribution in [0.4, 0.5) is 0 Å². The fourth-order valence-electron chi connectivity index (χ4n) is 2.27. The SMILES string of the molecule is COC(=O)c1cc(CNS(=O)(=O)c2ccc(C(C)=O)cc2)ccc1OC. The number of ketones is 1. The molecule has 2 aromatic rings. The average Bonchev–Trinajstić information content (AvgIpc) is 2.65. The zero-order valence-corrected chi connectivity index (χ0v) is 15.4. The number of ether oxygens (including phenoxy) is 2. The molecule has 0 unspecified atom stereocenters. The summed E-state index contributed by atoms with van der Waals surface area (Å²) >= 11 is 0. The molecule has 138 valence electrons. The summed E-state index contributed by atoms with van der Waals surface area (Å²) in [6, 6.07) is 10.4. The highest BCUT2D eigenvalue weighted by atomic mass is 32.2. The Morgan fingerprint density at radius 2 is 1.69 bits per heavy atom. The summed E-state index contributed by atoms with van der Waals surface area (Å²) in [4.78, 5) is 23.1. The first kappa shape index (κ1) is 19.6. The largest absolute Gasteiger partial charge is 0.496 e. The maximum Gasteiger partial charge on any atom is 0.341 e. The average molecular weight is 377 g/mol. The van der Waals surface area contributed by atoms with Crippen LogP contribution >= 0.6 is 0 Å². The van der Waals surface area contributed by atoms with Crippen LogP contribution in [0.5, 0.6) is 5.75 Å². The van der Waals surface area contributed by atoms with E-state index in [4.69, 9.17) is 9.47 Å². The number of Topliss-reactive ketones (excluding diaryl/α,β-unsaturated/α-hetero) is 1. The van der Waals surface area contributed by atoms with Crippen molar-refractivity contribution in [3.05, 3.63) is 59.2 Å². The minimum absolute atomic E-state index is 0.0230. The summed E-state index contributed by atoms with van der Waals surface area (Å²) in [5.74, 6) is -0.384. The van der Waals surface area contributed by atoms with E-state index < -0.39 is 16.0 Å². The lowest BCUT2D eigenvalue weighted by atomic mass is 10.1. The molecule has 8 heteroatoms. The summed E-state index contributed by atoms with van der Waals surface area (Å²) in [5, 5.41) is 0. The minimum atomic E-state index is -3.76. The van der Waals surface area contributed by atoms with Crippen LogP contribution in [0.2, 0.25) is 0 Å². The first-order valence-electron chi connectivity index (χ1n) is 7.64. The van der Waals surface area contributed by atoms with E-state index in [0.29, 0.717) is 16.9 Å². The third kappa shape index (κ3) is 4.47. The molecule has 0 aromatic heterocycles. The van der Waals surface area contributed by atoms with Crippen LogP contribution in [0.25, 0.3) is 0 Å². The predicted molar refractivity (Wildman–Crippen MR) is 94.8 cm³/mol. The fraction of sp³-hybridized carbons (Fsp3) is 0.222. The van der Waals surface area contributed by atoms with Crippen molar-refractivity contribution in [1.29, 1.82) is 0 Å². The number of hydrogen-bond donors (Lipinski definition) is 1. The molecule has 7 nitrogen and oxygen atoms in total. The number of esters is 1. The molecular weight excluding hydrogens is 358 g/mol. The second-order valence-electron chi connectivity index (χ2n) is 5.43. The van der Waals surface area contributed by atoms with Gasteiger partial charge in [-0.1, -0.05) is 18.2 Å². The van der Waals surface area contributed by atoms with E-state index in [1.54, 1.807) is 12.1 Å². The van der Waals surface area contributed by atoms with Crippen molar-refractivity contribution in [3.8, 4) is 5.75 Å². The van der Waals surface area contributed by atoms with Crippen molar-refractivity contribution in [3.63, 3.8) is 0 Å². The Hall–Kier alpha value is -2.71. The smallest absolute Gasteiger partial charge is 0.341 e. The van der Waals surface area contributed by atoms with Crippen LogP contribution in [0.15, 0.2) is 47.4 Å². The molecule has 26 heavy (non-hydrogen) atoms. The molecular formula is C18H19NO6S. The minimum Gasteiger partial charge on any atom is -0.496 e. The van der Waals surface area contributed by atoms with E-state index in [1.165, 1.54) is 51.5 Å². The number of benzene rings is 2. The van der Waals surface area contributed by atoms with Crippen molar-refractivity contribution in [1.82, 2.24) is 4.72 Å². The summed E-state index contributed by atoms with van der Waals surface area (Å²) in [7, 11) is -1.09. The Morgan fingerprint density at radius 3 is 2.23 bits per heavy atom. The number of methoxy groups -OCH3 is 2. The molecule has 2 rings (SSSR count). The quantitative estimate of drug-likeness (QED) is 0.586. The standard InChI is InChI=1S/C18H19NO6S/c1-12(20)14-5-7-15(8-6-14)26(22,23)19-11-13-4-9-17(24-2)16(10-13)18(21)25-3/h4-10,19H,11H2,1-3H3. The van der Waals surface area contributed by atoms with Crippen LogP contribution in [0.3, 0.4) is 0 Å². The van der Waals surface area contributed by atoms with Crippen LogP contribution < -0.4 is 9.46 Å². The molecule has 0 saturated carbocycles. The van der Waals surface area contributed by atoms with Gasteiger partial charge in [0.2, 0.25) is 10.0 Å². The van der Waals surface area contributed by atoms with E-state index in [9.17, 15) is 18.0 Å². The third-order valence-electron chi connectivity index (χ3n) is 3.71. The number of carbonyl (C=O) groups excluding carboxylic acids is 2. The van der Waals surface area contributed by atoms with Gasteiger partial charge < -0.3 is 9.47 Å². The van der Waals surface area contributed by atoms with Crippen molar-refractivity contribution in [2.45, 2.75) is 18.4 Å². The molecule has 2 aromatic carbocycles. The Kier molecular flexibility index (Phi) is 6.12. The molecule has 1 N–H and O–H groups in total. The lowest BCUT2D eigenvalue weighted by Gasteiger charge is -2.11. The Bertz CT molecular complexity index is 919. The highest BCUT2D eigenvalue weighted by Crippen LogP contribution is 2.21. The van der Waals surface area contributed by atoms with Gasteiger partial charge in [-0.3, -0.25) is 4.79 Å². The summed E-state index contributed by atoms with van der Waals surface area (Å²) in [6.07, 6.45) is 0. The Labute approximate surface area is 152 Å². The van der Waals surface area contributed by atoms with Gasteiger partial charge in [-0.2, -0.15) is 0 Å². The van der Waals surface area contributed by atoms with Crippen molar-refractivity contribution in [2.75, 3.05) is 14.2 Å². The van der Waals surface area contributed by atoms with Gasteiger partial charge in [-0.05, 0) is 36.8 Å². The Balaban J connectivity index is 2.19. The first-order chi connectivity index (χ1) is 12.3. The summed E-state index contributed by atoms with van der Waals surface area (Å²) < 4.78 is 37.0. The van der Waals surface area contributed by atoms with E-state index in [-0.39, 0.29) is 22.8 Å². The van der Waals surface area contributed by atoms with Crippen LogP contribution in [0.1, 0.15) is 33.2 Å². The summed E-state index contributed by atoms with van der Waals surface area (Å²) in [6.45, 7) is 1.38. The topological polar surface area (TPSA) is 98.8 Å².